The van der Waals surface area contributed by atoms with Gasteiger partial charge in [0.05, 0.1) is 0 Å². The van der Waals surface area contributed by atoms with Crippen LogP contribution in [0.4, 0.5) is 0 Å². The van der Waals surface area contributed by atoms with Crippen molar-refractivity contribution in [3.63, 3.8) is 0 Å². The highest BCUT2D eigenvalue weighted by Crippen LogP contribution is 2.33. The SMILES string of the molecule is CC1(NCC(O)COc2ccc(Cl)cc2)CC1. The Morgan fingerprint density at radius 3 is 2.65 bits per heavy atom. The zero-order valence-corrected chi connectivity index (χ0v) is 10.7. The fraction of sp³-hybridized carbons (Fsp3) is 0.538. The van der Waals surface area contributed by atoms with Crippen molar-refractivity contribution in [2.45, 2.75) is 31.4 Å². The third-order valence-corrected chi connectivity index (χ3v) is 3.27. The number of hydrogen-bond donors (Lipinski definition) is 2. The first-order valence-corrected chi connectivity index (χ1v) is 6.27. The quantitative estimate of drug-likeness (QED) is 0.819. The number of aliphatic hydroxyl groups is 1. The van der Waals surface area contributed by atoms with Gasteiger partial charge in [0.15, 0.2) is 0 Å². The molecule has 2 N–H and O–H groups in total. The van der Waals surface area contributed by atoms with Gasteiger partial charge >= 0.3 is 0 Å². The molecule has 0 radical (unpaired) electrons. The first kappa shape index (κ1) is 12.7. The number of nitrogens with one attached hydrogen (secondary N) is 1. The van der Waals surface area contributed by atoms with Gasteiger partial charge in [-0.15, -0.1) is 0 Å². The maximum atomic E-state index is 9.74. The zero-order valence-electron chi connectivity index (χ0n) is 9.95. The molecule has 1 aromatic carbocycles. The third kappa shape index (κ3) is 4.19. The smallest absolute Gasteiger partial charge is 0.119 e. The highest BCUT2D eigenvalue weighted by atomic mass is 35.5. The van der Waals surface area contributed by atoms with Crippen molar-refractivity contribution in [1.29, 1.82) is 0 Å². The highest BCUT2D eigenvalue weighted by Gasteiger charge is 2.36. The molecule has 1 saturated carbocycles. The Balaban J connectivity index is 1.68. The summed E-state index contributed by atoms with van der Waals surface area (Å²) in [6.45, 7) is 3.04. The molecule has 1 aliphatic rings. The maximum Gasteiger partial charge on any atom is 0.119 e. The summed E-state index contributed by atoms with van der Waals surface area (Å²) in [6.07, 6.45) is 1.90. The molecule has 1 fully saturated rings. The summed E-state index contributed by atoms with van der Waals surface area (Å²) in [5.41, 5.74) is 0.251. The maximum absolute atomic E-state index is 9.74. The summed E-state index contributed by atoms with van der Waals surface area (Å²) < 4.78 is 5.46. The minimum absolute atomic E-state index is 0.251. The average molecular weight is 256 g/mol. The van der Waals surface area contributed by atoms with Gasteiger partial charge in [0, 0.05) is 17.1 Å². The van der Waals surface area contributed by atoms with Gasteiger partial charge in [-0.2, -0.15) is 0 Å². The van der Waals surface area contributed by atoms with Crippen LogP contribution in [0.25, 0.3) is 0 Å². The number of rotatable bonds is 6. The van der Waals surface area contributed by atoms with E-state index in [4.69, 9.17) is 16.3 Å². The monoisotopic (exact) mass is 255 g/mol. The van der Waals surface area contributed by atoms with Gasteiger partial charge in [-0.05, 0) is 44.0 Å². The largest absolute Gasteiger partial charge is 0.491 e. The average Bonchev–Trinajstić information content (AvgIpc) is 3.05. The van der Waals surface area contributed by atoms with Crippen LogP contribution in [0.15, 0.2) is 24.3 Å². The van der Waals surface area contributed by atoms with E-state index in [-0.39, 0.29) is 5.54 Å². The molecule has 3 nitrogen and oxygen atoms in total. The lowest BCUT2D eigenvalue weighted by Crippen LogP contribution is -2.37. The van der Waals surface area contributed by atoms with Crippen molar-refractivity contribution in [2.24, 2.45) is 0 Å². The molecule has 17 heavy (non-hydrogen) atoms. The Bertz CT molecular complexity index is 362. The van der Waals surface area contributed by atoms with E-state index in [0.29, 0.717) is 18.2 Å². The molecule has 0 saturated heterocycles. The summed E-state index contributed by atoms with van der Waals surface area (Å²) in [7, 11) is 0. The Morgan fingerprint density at radius 1 is 1.41 bits per heavy atom. The second kappa shape index (κ2) is 5.25. The van der Waals surface area contributed by atoms with E-state index >= 15 is 0 Å². The van der Waals surface area contributed by atoms with Crippen molar-refractivity contribution in [3.8, 4) is 5.75 Å². The lowest BCUT2D eigenvalue weighted by Gasteiger charge is -2.16. The molecule has 0 heterocycles. The van der Waals surface area contributed by atoms with Crippen molar-refractivity contribution >= 4 is 11.6 Å². The zero-order chi connectivity index (χ0) is 12.3. The van der Waals surface area contributed by atoms with E-state index in [1.807, 2.05) is 0 Å². The van der Waals surface area contributed by atoms with Gasteiger partial charge in [0.2, 0.25) is 0 Å². The molecule has 2 rings (SSSR count). The molecule has 0 spiro atoms. The van der Waals surface area contributed by atoms with Crippen LogP contribution in [0.5, 0.6) is 5.75 Å². The third-order valence-electron chi connectivity index (χ3n) is 3.02. The van der Waals surface area contributed by atoms with Crippen LogP contribution in [-0.2, 0) is 0 Å². The van der Waals surface area contributed by atoms with Gasteiger partial charge in [-0.3, -0.25) is 0 Å². The van der Waals surface area contributed by atoms with Gasteiger partial charge in [-0.1, -0.05) is 11.6 Å². The van der Waals surface area contributed by atoms with Crippen LogP contribution >= 0.6 is 11.6 Å². The van der Waals surface area contributed by atoms with E-state index < -0.39 is 6.10 Å². The second-order valence-electron chi connectivity index (χ2n) is 4.86. The molecule has 94 valence electrons. The van der Waals surface area contributed by atoms with Gasteiger partial charge < -0.3 is 15.2 Å². The first-order valence-electron chi connectivity index (χ1n) is 5.89. The van der Waals surface area contributed by atoms with E-state index in [9.17, 15) is 5.11 Å². The lowest BCUT2D eigenvalue weighted by atomic mass is 10.3. The second-order valence-corrected chi connectivity index (χ2v) is 5.30. The number of benzene rings is 1. The summed E-state index contributed by atoms with van der Waals surface area (Å²) >= 11 is 5.77. The van der Waals surface area contributed by atoms with Crippen LogP contribution in [-0.4, -0.2) is 29.9 Å². The molecule has 1 aliphatic carbocycles. The predicted octanol–water partition coefficient (Wildman–Crippen LogP) is 2.22. The Labute approximate surface area is 107 Å². The van der Waals surface area contributed by atoms with E-state index in [1.54, 1.807) is 24.3 Å². The fourth-order valence-corrected chi connectivity index (χ4v) is 1.64. The standard InChI is InChI=1S/C13H18ClNO2/c1-13(6-7-13)15-8-11(16)9-17-12-4-2-10(14)3-5-12/h2-5,11,15-16H,6-9H2,1H3. The van der Waals surface area contributed by atoms with Gasteiger partial charge in [0.1, 0.15) is 18.5 Å². The topological polar surface area (TPSA) is 41.5 Å². The summed E-state index contributed by atoms with van der Waals surface area (Å²) in [6, 6.07) is 7.13. The molecule has 4 heteroatoms. The van der Waals surface area contributed by atoms with E-state index in [2.05, 4.69) is 12.2 Å². The number of ether oxygens (including phenoxy) is 1. The number of aliphatic hydroxyl groups excluding tert-OH is 1. The van der Waals surface area contributed by atoms with Crippen LogP contribution in [0.3, 0.4) is 0 Å². The van der Waals surface area contributed by atoms with E-state index in [0.717, 1.165) is 5.75 Å². The predicted molar refractivity (Wildman–Crippen MR) is 68.6 cm³/mol. The molecule has 1 unspecified atom stereocenters. The molecule has 1 atom stereocenters. The summed E-state index contributed by atoms with van der Waals surface area (Å²) in [4.78, 5) is 0. The normalized spacial score (nSPS) is 18.8. The number of halogens is 1. The minimum Gasteiger partial charge on any atom is -0.491 e. The van der Waals surface area contributed by atoms with Crippen molar-refractivity contribution in [1.82, 2.24) is 5.32 Å². The molecule has 0 bridgehead atoms. The number of β-amino-alcohol motifs (C(OH)–C–C–N with tert-alkyl or cyclic N) is 1. The van der Waals surface area contributed by atoms with Crippen molar-refractivity contribution in [2.75, 3.05) is 13.2 Å². The Hall–Kier alpha value is -0.770. The molecule has 1 aromatic rings. The van der Waals surface area contributed by atoms with E-state index in [1.165, 1.54) is 12.8 Å². The summed E-state index contributed by atoms with van der Waals surface area (Å²) in [5.74, 6) is 0.728. The van der Waals surface area contributed by atoms with Crippen molar-refractivity contribution in [3.05, 3.63) is 29.3 Å². The fourth-order valence-electron chi connectivity index (χ4n) is 1.51. The first-order chi connectivity index (χ1) is 8.07. The van der Waals surface area contributed by atoms with Crippen LogP contribution in [0.2, 0.25) is 5.02 Å². The number of hydrogen-bond acceptors (Lipinski definition) is 3. The van der Waals surface area contributed by atoms with Crippen LogP contribution in [0.1, 0.15) is 19.8 Å². The van der Waals surface area contributed by atoms with Crippen molar-refractivity contribution < 1.29 is 9.84 Å². The van der Waals surface area contributed by atoms with Gasteiger partial charge in [-0.25, -0.2) is 0 Å². The highest BCUT2D eigenvalue weighted by molar-refractivity contribution is 6.30. The molecular weight excluding hydrogens is 238 g/mol. The molecule has 0 aliphatic heterocycles. The molecular formula is C13H18ClNO2. The molecule has 0 aromatic heterocycles. The Morgan fingerprint density at radius 2 is 2.06 bits per heavy atom. The molecule has 0 amide bonds. The summed E-state index contributed by atoms with van der Waals surface area (Å²) in [5, 5.41) is 13.8. The Kier molecular flexibility index (Phi) is 3.92. The lowest BCUT2D eigenvalue weighted by molar-refractivity contribution is 0.103. The van der Waals surface area contributed by atoms with Crippen LogP contribution < -0.4 is 10.1 Å². The minimum atomic E-state index is -0.483. The van der Waals surface area contributed by atoms with Gasteiger partial charge in [0.25, 0.3) is 0 Å². The van der Waals surface area contributed by atoms with Crippen LogP contribution in [0, 0.1) is 0 Å².